The van der Waals surface area contributed by atoms with E-state index in [4.69, 9.17) is 0 Å². The lowest BCUT2D eigenvalue weighted by Gasteiger charge is -2.17. The van der Waals surface area contributed by atoms with Crippen LogP contribution in [0.25, 0.3) is 0 Å². The second kappa shape index (κ2) is 8.95. The number of hydrogen-bond acceptors (Lipinski definition) is 2. The van der Waals surface area contributed by atoms with Crippen molar-refractivity contribution in [2.24, 2.45) is 0 Å². The number of nitrogens with zero attached hydrogens (tertiary/aromatic N) is 1. The fourth-order valence-corrected chi connectivity index (χ4v) is 1.66. The maximum Gasteiger partial charge on any atom is 0.222 e. The molecule has 0 aliphatic heterocycles. The van der Waals surface area contributed by atoms with Gasteiger partial charge in [-0.1, -0.05) is 29.8 Å². The Kier molecular flexibility index (Phi) is 8.42. The van der Waals surface area contributed by atoms with Gasteiger partial charge in [-0.3, -0.25) is 4.79 Å². The number of nitrogens with one attached hydrogen (secondary N) is 1. The number of rotatable bonds is 6. The van der Waals surface area contributed by atoms with Crippen molar-refractivity contribution in [2.75, 3.05) is 20.6 Å². The van der Waals surface area contributed by atoms with E-state index in [2.05, 4.69) is 36.5 Å². The normalized spacial score (nSPS) is 9.72. The lowest BCUT2D eigenvalue weighted by molar-refractivity contribution is -0.130. The van der Waals surface area contributed by atoms with Crippen LogP contribution in [0.3, 0.4) is 0 Å². The van der Waals surface area contributed by atoms with Crippen LogP contribution in [-0.4, -0.2) is 31.4 Å². The molecule has 102 valence electrons. The second-order valence-corrected chi connectivity index (χ2v) is 4.44. The molecule has 1 aromatic rings. The van der Waals surface area contributed by atoms with Crippen molar-refractivity contribution >= 4 is 18.3 Å². The summed E-state index contributed by atoms with van der Waals surface area (Å²) in [5.41, 5.74) is 2.43. The molecule has 0 saturated carbocycles. The molecule has 0 unspecified atom stereocenters. The summed E-state index contributed by atoms with van der Waals surface area (Å²) in [4.78, 5) is 13.6. The van der Waals surface area contributed by atoms with Crippen molar-refractivity contribution in [2.45, 2.75) is 26.3 Å². The zero-order valence-corrected chi connectivity index (χ0v) is 12.2. The van der Waals surface area contributed by atoms with E-state index in [1.54, 1.807) is 4.90 Å². The van der Waals surface area contributed by atoms with Gasteiger partial charge in [-0.15, -0.1) is 12.4 Å². The first-order valence-electron chi connectivity index (χ1n) is 6.07. The van der Waals surface area contributed by atoms with E-state index in [0.29, 0.717) is 13.0 Å². The zero-order chi connectivity index (χ0) is 12.7. The molecule has 0 atom stereocenters. The number of aryl methyl sites for hydroxylation is 1. The van der Waals surface area contributed by atoms with Crippen molar-refractivity contribution < 1.29 is 4.79 Å². The highest BCUT2D eigenvalue weighted by atomic mass is 35.5. The molecular formula is C14H23ClN2O. The average Bonchev–Trinajstić information content (AvgIpc) is 2.32. The van der Waals surface area contributed by atoms with Crippen molar-refractivity contribution in [3.05, 3.63) is 35.4 Å². The van der Waals surface area contributed by atoms with Crippen LogP contribution in [-0.2, 0) is 11.3 Å². The Hall–Kier alpha value is -1.06. The minimum absolute atomic E-state index is 0. The first kappa shape index (κ1) is 16.9. The van der Waals surface area contributed by atoms with Crippen LogP contribution < -0.4 is 5.32 Å². The smallest absolute Gasteiger partial charge is 0.222 e. The Labute approximate surface area is 116 Å². The van der Waals surface area contributed by atoms with Gasteiger partial charge >= 0.3 is 0 Å². The van der Waals surface area contributed by atoms with Gasteiger partial charge in [0.25, 0.3) is 0 Å². The quantitative estimate of drug-likeness (QED) is 0.805. The van der Waals surface area contributed by atoms with Crippen LogP contribution >= 0.6 is 12.4 Å². The monoisotopic (exact) mass is 270 g/mol. The van der Waals surface area contributed by atoms with E-state index in [1.807, 2.05) is 14.1 Å². The minimum atomic E-state index is 0. The fraction of sp³-hybridized carbons (Fsp3) is 0.500. The van der Waals surface area contributed by atoms with Gasteiger partial charge in [0, 0.05) is 20.0 Å². The van der Waals surface area contributed by atoms with E-state index in [1.165, 1.54) is 11.1 Å². The Bertz CT molecular complexity index is 351. The molecule has 1 rings (SSSR count). The first-order valence-corrected chi connectivity index (χ1v) is 6.07. The third-order valence-electron chi connectivity index (χ3n) is 2.78. The molecule has 0 bridgehead atoms. The number of benzene rings is 1. The molecule has 0 aliphatic carbocycles. The zero-order valence-electron chi connectivity index (χ0n) is 11.4. The molecule has 0 aliphatic rings. The summed E-state index contributed by atoms with van der Waals surface area (Å²) < 4.78 is 0. The predicted molar refractivity (Wildman–Crippen MR) is 78.1 cm³/mol. The lowest BCUT2D eigenvalue weighted by atomic mass is 10.1. The van der Waals surface area contributed by atoms with Crippen LogP contribution in [0, 0.1) is 6.92 Å². The van der Waals surface area contributed by atoms with Crippen LogP contribution in [0.1, 0.15) is 24.0 Å². The number of hydrogen-bond donors (Lipinski definition) is 1. The summed E-state index contributed by atoms with van der Waals surface area (Å²) in [6.07, 6.45) is 1.51. The van der Waals surface area contributed by atoms with Gasteiger partial charge in [0.1, 0.15) is 0 Å². The summed E-state index contributed by atoms with van der Waals surface area (Å²) in [6.45, 7) is 3.65. The molecular weight excluding hydrogens is 248 g/mol. The van der Waals surface area contributed by atoms with Crippen LogP contribution in [0.2, 0.25) is 0 Å². The molecule has 0 fully saturated rings. The highest BCUT2D eigenvalue weighted by Crippen LogP contribution is 2.07. The standard InChI is InChI=1S/C14H22N2O.ClH/c1-12-6-8-13(9-7-12)11-16(3)14(17)5-4-10-15-2;/h6-9,15H,4-5,10-11H2,1-3H3;1H. The molecule has 18 heavy (non-hydrogen) atoms. The number of amides is 1. The molecule has 3 nitrogen and oxygen atoms in total. The highest BCUT2D eigenvalue weighted by Gasteiger charge is 2.08. The van der Waals surface area contributed by atoms with Crippen LogP contribution in [0.15, 0.2) is 24.3 Å². The third-order valence-corrected chi connectivity index (χ3v) is 2.78. The van der Waals surface area contributed by atoms with Crippen LogP contribution in [0.4, 0.5) is 0 Å². The van der Waals surface area contributed by atoms with E-state index in [0.717, 1.165) is 13.0 Å². The molecule has 1 aromatic carbocycles. The molecule has 0 saturated heterocycles. The summed E-state index contributed by atoms with van der Waals surface area (Å²) in [6, 6.07) is 8.31. The number of halogens is 1. The Morgan fingerprint density at radius 2 is 1.89 bits per heavy atom. The van der Waals surface area contributed by atoms with Gasteiger partial charge in [0.15, 0.2) is 0 Å². The second-order valence-electron chi connectivity index (χ2n) is 4.44. The SMILES string of the molecule is CNCCCC(=O)N(C)Cc1ccc(C)cc1.Cl. The van der Waals surface area contributed by atoms with Gasteiger partial charge < -0.3 is 10.2 Å². The lowest BCUT2D eigenvalue weighted by Crippen LogP contribution is -2.26. The largest absolute Gasteiger partial charge is 0.341 e. The van der Waals surface area contributed by atoms with Crippen LogP contribution in [0.5, 0.6) is 0 Å². The molecule has 0 heterocycles. The van der Waals surface area contributed by atoms with E-state index in [9.17, 15) is 4.79 Å². The molecule has 0 radical (unpaired) electrons. The van der Waals surface area contributed by atoms with Crippen molar-refractivity contribution in [1.82, 2.24) is 10.2 Å². The summed E-state index contributed by atoms with van der Waals surface area (Å²) in [7, 11) is 3.77. The summed E-state index contributed by atoms with van der Waals surface area (Å²) >= 11 is 0. The Morgan fingerprint density at radius 1 is 1.28 bits per heavy atom. The maximum atomic E-state index is 11.8. The summed E-state index contributed by atoms with van der Waals surface area (Å²) in [5, 5.41) is 3.05. The first-order chi connectivity index (χ1) is 8.13. The maximum absolute atomic E-state index is 11.8. The molecule has 4 heteroatoms. The average molecular weight is 271 g/mol. The van der Waals surface area contributed by atoms with E-state index < -0.39 is 0 Å². The Balaban J connectivity index is 0.00000289. The molecule has 1 amide bonds. The van der Waals surface area contributed by atoms with Crippen molar-refractivity contribution in [3.8, 4) is 0 Å². The third kappa shape index (κ3) is 6.03. The minimum Gasteiger partial charge on any atom is -0.341 e. The van der Waals surface area contributed by atoms with Gasteiger partial charge in [-0.25, -0.2) is 0 Å². The van der Waals surface area contributed by atoms with Gasteiger partial charge in [-0.05, 0) is 32.5 Å². The van der Waals surface area contributed by atoms with Crippen molar-refractivity contribution in [1.29, 1.82) is 0 Å². The molecule has 0 spiro atoms. The number of carbonyl (C=O) groups is 1. The van der Waals surface area contributed by atoms with Gasteiger partial charge in [0.2, 0.25) is 5.91 Å². The van der Waals surface area contributed by atoms with Gasteiger partial charge in [0.05, 0.1) is 0 Å². The number of carbonyl (C=O) groups excluding carboxylic acids is 1. The van der Waals surface area contributed by atoms with E-state index in [-0.39, 0.29) is 18.3 Å². The van der Waals surface area contributed by atoms with Crippen molar-refractivity contribution in [3.63, 3.8) is 0 Å². The highest BCUT2D eigenvalue weighted by molar-refractivity contribution is 5.85. The summed E-state index contributed by atoms with van der Waals surface area (Å²) in [5.74, 6) is 0.209. The fourth-order valence-electron chi connectivity index (χ4n) is 1.66. The van der Waals surface area contributed by atoms with E-state index >= 15 is 0 Å². The molecule has 1 N–H and O–H groups in total. The Morgan fingerprint density at radius 3 is 2.44 bits per heavy atom. The van der Waals surface area contributed by atoms with Gasteiger partial charge in [-0.2, -0.15) is 0 Å². The topological polar surface area (TPSA) is 32.3 Å². The predicted octanol–water partition coefficient (Wildman–Crippen LogP) is 2.37. The molecule has 0 aromatic heterocycles.